The zero-order chi connectivity index (χ0) is 32.7. The lowest BCUT2D eigenvalue weighted by molar-refractivity contribution is -0.138. The molecule has 4 fully saturated rings. The number of piperazine rings is 1. The van der Waals surface area contributed by atoms with E-state index in [1.807, 2.05) is 23.1 Å². The van der Waals surface area contributed by atoms with Gasteiger partial charge < -0.3 is 20.4 Å². The van der Waals surface area contributed by atoms with Crippen LogP contribution in [0.3, 0.4) is 0 Å². The second-order valence-corrected chi connectivity index (χ2v) is 13.1. The van der Waals surface area contributed by atoms with Gasteiger partial charge in [-0.05, 0) is 67.6 Å². The Hall–Kier alpha value is -4.85. The smallest absolute Gasteiger partial charge is 0.278 e. The number of primary amides is 1. The molecule has 5 heterocycles. The van der Waals surface area contributed by atoms with Crippen LogP contribution >= 0.6 is 0 Å². The zero-order valence-corrected chi connectivity index (χ0v) is 26.2. The number of imide groups is 1. The van der Waals surface area contributed by atoms with E-state index in [4.69, 9.17) is 5.73 Å². The number of piperidine rings is 2. The summed E-state index contributed by atoms with van der Waals surface area (Å²) in [7, 11) is 0. The molecular weight excluding hydrogens is 602 g/mol. The van der Waals surface area contributed by atoms with E-state index in [0.29, 0.717) is 35.5 Å². The monoisotopic (exact) mass is 641 g/mol. The molecule has 14 nitrogen and oxygen atoms in total. The fourth-order valence-corrected chi connectivity index (χ4v) is 7.19. The van der Waals surface area contributed by atoms with Gasteiger partial charge in [0.25, 0.3) is 11.5 Å². The van der Waals surface area contributed by atoms with Gasteiger partial charge in [0.05, 0.1) is 11.3 Å². The lowest BCUT2D eigenvalue weighted by Crippen LogP contribution is -2.56. The number of hydrogen-bond donors (Lipinski definition) is 2. The number of carbonyl (C=O) groups is 4. The third-order valence-corrected chi connectivity index (χ3v) is 10.1. The fraction of sp³-hybridized carbons (Fsp3) is 0.485. The summed E-state index contributed by atoms with van der Waals surface area (Å²) in [5, 5.41) is 10.7. The first-order chi connectivity index (χ1) is 22.7. The van der Waals surface area contributed by atoms with E-state index < -0.39 is 23.4 Å². The van der Waals surface area contributed by atoms with Crippen LogP contribution in [0.25, 0.3) is 10.9 Å². The number of aromatic nitrogens is 3. The Kier molecular flexibility index (Phi) is 8.35. The topological polar surface area (TPSA) is 167 Å². The van der Waals surface area contributed by atoms with Crippen molar-refractivity contribution < 1.29 is 19.2 Å². The van der Waals surface area contributed by atoms with Gasteiger partial charge in [0.2, 0.25) is 17.7 Å². The van der Waals surface area contributed by atoms with Gasteiger partial charge >= 0.3 is 0 Å². The number of nitrogens with one attached hydrogen (secondary N) is 1. The van der Waals surface area contributed by atoms with Crippen molar-refractivity contribution in [3.63, 3.8) is 0 Å². The Balaban J connectivity index is 0.878. The summed E-state index contributed by atoms with van der Waals surface area (Å²) < 4.78 is 1.06. The molecule has 4 aliphatic rings. The van der Waals surface area contributed by atoms with Crippen LogP contribution in [0.2, 0.25) is 0 Å². The summed E-state index contributed by atoms with van der Waals surface area (Å²) in [6.07, 6.45) is 2.34. The van der Waals surface area contributed by atoms with Gasteiger partial charge in [-0.25, -0.2) is 0 Å². The molecule has 0 spiro atoms. The van der Waals surface area contributed by atoms with Crippen molar-refractivity contribution in [1.82, 2.24) is 30.1 Å². The van der Waals surface area contributed by atoms with Gasteiger partial charge in [0.1, 0.15) is 11.6 Å². The number of hydrogen-bond acceptors (Lipinski definition) is 10. The van der Waals surface area contributed by atoms with E-state index in [1.54, 1.807) is 24.3 Å². The molecule has 4 amide bonds. The Labute approximate surface area is 271 Å². The summed E-state index contributed by atoms with van der Waals surface area (Å²) in [6, 6.07) is 12.0. The average Bonchev–Trinajstić information content (AvgIpc) is 3.05. The van der Waals surface area contributed by atoms with Crippen molar-refractivity contribution in [2.24, 2.45) is 17.6 Å². The maximum atomic E-state index is 13.3. The standard InChI is InChI=1S/C33H39N9O5/c34-30(44)22-1-3-24(4-2-22)39-15-13-38(14-16-39)18-21-9-11-40(12-10-21)32(46)23-19-41(20-23)25-5-6-27-26(17-25)33(47)42(37-36-27)28-7-8-29(43)35-31(28)45/h1-6,17,21,23,28H,7-16,18-20H2,(H2,34,44)(H,35,43,45). The van der Waals surface area contributed by atoms with Crippen molar-refractivity contribution >= 4 is 45.9 Å². The van der Waals surface area contributed by atoms with E-state index in [-0.39, 0.29) is 30.6 Å². The number of fused-ring (bicyclic) bond motifs is 1. The van der Waals surface area contributed by atoms with Gasteiger partial charge in [-0.2, -0.15) is 4.68 Å². The van der Waals surface area contributed by atoms with Gasteiger partial charge in [-0.3, -0.25) is 34.2 Å². The molecule has 1 unspecified atom stereocenters. The van der Waals surface area contributed by atoms with Crippen LogP contribution in [0.4, 0.5) is 11.4 Å². The molecule has 0 saturated carbocycles. The minimum Gasteiger partial charge on any atom is -0.370 e. The van der Waals surface area contributed by atoms with Crippen molar-refractivity contribution in [1.29, 1.82) is 0 Å². The van der Waals surface area contributed by atoms with Crippen LogP contribution in [-0.2, 0) is 14.4 Å². The number of nitrogens with two attached hydrogens (primary N) is 1. The van der Waals surface area contributed by atoms with Crippen LogP contribution in [0.1, 0.15) is 42.1 Å². The molecule has 1 aromatic heterocycles. The highest BCUT2D eigenvalue weighted by Crippen LogP contribution is 2.30. The number of rotatable bonds is 7. The third-order valence-electron chi connectivity index (χ3n) is 10.1. The quantitative estimate of drug-likeness (QED) is 0.344. The van der Waals surface area contributed by atoms with Crippen molar-refractivity contribution in [3.05, 3.63) is 58.4 Å². The molecule has 3 N–H and O–H groups in total. The first kappa shape index (κ1) is 30.8. The number of anilines is 2. The SMILES string of the molecule is NC(=O)c1ccc(N2CCN(CC3CCN(C(=O)C4CN(c5ccc6nnn(C7CCC(=O)NC7=O)c(=O)c6c5)C4)CC3)CC2)cc1. The van der Waals surface area contributed by atoms with Crippen LogP contribution < -0.4 is 26.4 Å². The predicted octanol–water partition coefficient (Wildman–Crippen LogP) is 0.365. The summed E-state index contributed by atoms with van der Waals surface area (Å²) in [4.78, 5) is 70.8. The highest BCUT2D eigenvalue weighted by Gasteiger charge is 2.37. The minimum atomic E-state index is -0.874. The molecule has 0 radical (unpaired) electrons. The second kappa shape index (κ2) is 12.7. The molecule has 0 bridgehead atoms. The molecule has 3 aromatic rings. The Morgan fingerprint density at radius 3 is 2.23 bits per heavy atom. The van der Waals surface area contributed by atoms with E-state index >= 15 is 0 Å². The third kappa shape index (κ3) is 6.29. The molecular formula is C33H39N9O5. The molecule has 7 rings (SSSR count). The summed E-state index contributed by atoms with van der Waals surface area (Å²) in [6.45, 7) is 7.62. The molecule has 4 aliphatic heterocycles. The van der Waals surface area contributed by atoms with E-state index in [0.717, 1.165) is 74.7 Å². The van der Waals surface area contributed by atoms with Gasteiger partial charge in [0.15, 0.2) is 0 Å². The lowest BCUT2D eigenvalue weighted by Gasteiger charge is -2.44. The first-order valence-electron chi connectivity index (χ1n) is 16.4. The van der Waals surface area contributed by atoms with Crippen LogP contribution in [0.5, 0.6) is 0 Å². The molecule has 47 heavy (non-hydrogen) atoms. The number of amides is 4. The average molecular weight is 642 g/mol. The van der Waals surface area contributed by atoms with Crippen LogP contribution in [-0.4, -0.2) is 107 Å². The Morgan fingerprint density at radius 1 is 0.851 bits per heavy atom. The Bertz CT molecular complexity index is 1750. The summed E-state index contributed by atoms with van der Waals surface area (Å²) in [5.74, 6) is -0.634. The Morgan fingerprint density at radius 2 is 1.55 bits per heavy atom. The first-order valence-corrected chi connectivity index (χ1v) is 16.4. The number of carbonyl (C=O) groups excluding carboxylic acids is 4. The lowest BCUT2D eigenvalue weighted by atomic mass is 9.92. The fourth-order valence-electron chi connectivity index (χ4n) is 7.19. The normalized spacial score (nSPS) is 21.5. The van der Waals surface area contributed by atoms with E-state index in [2.05, 4.69) is 30.3 Å². The van der Waals surface area contributed by atoms with Gasteiger partial charge in [0, 0.05) is 82.3 Å². The molecule has 4 saturated heterocycles. The van der Waals surface area contributed by atoms with Crippen molar-refractivity contribution in [2.75, 3.05) is 68.7 Å². The summed E-state index contributed by atoms with van der Waals surface area (Å²) in [5.41, 5.74) is 7.82. The summed E-state index contributed by atoms with van der Waals surface area (Å²) >= 11 is 0. The zero-order valence-electron chi connectivity index (χ0n) is 26.2. The highest BCUT2D eigenvalue weighted by atomic mass is 16.2. The maximum Gasteiger partial charge on any atom is 0.278 e. The number of likely N-dealkylation sites (tertiary alicyclic amines) is 1. The minimum absolute atomic E-state index is 0.0805. The van der Waals surface area contributed by atoms with E-state index in [9.17, 15) is 24.0 Å². The predicted molar refractivity (Wildman–Crippen MR) is 174 cm³/mol. The largest absolute Gasteiger partial charge is 0.370 e. The van der Waals surface area contributed by atoms with E-state index in [1.165, 1.54) is 0 Å². The molecule has 246 valence electrons. The van der Waals surface area contributed by atoms with Crippen molar-refractivity contribution in [2.45, 2.75) is 31.7 Å². The molecule has 2 aromatic carbocycles. The molecule has 0 aliphatic carbocycles. The van der Waals surface area contributed by atoms with Crippen LogP contribution in [0.15, 0.2) is 47.3 Å². The van der Waals surface area contributed by atoms with Crippen molar-refractivity contribution in [3.8, 4) is 0 Å². The van der Waals surface area contributed by atoms with Gasteiger partial charge in [-0.15, -0.1) is 5.10 Å². The highest BCUT2D eigenvalue weighted by molar-refractivity contribution is 5.99. The maximum absolute atomic E-state index is 13.3. The molecule has 1 atom stereocenters. The van der Waals surface area contributed by atoms with Crippen LogP contribution in [0, 0.1) is 11.8 Å². The number of benzene rings is 2. The molecule has 14 heteroatoms. The second-order valence-electron chi connectivity index (χ2n) is 13.1. The van der Waals surface area contributed by atoms with Gasteiger partial charge in [-0.1, -0.05) is 5.21 Å². The number of nitrogens with zero attached hydrogens (tertiary/aromatic N) is 7.